The molecule has 2 spiro atoms. The van der Waals surface area contributed by atoms with Crippen LogP contribution in [0.25, 0.3) is 0 Å². The van der Waals surface area contributed by atoms with E-state index in [0.717, 1.165) is 24.9 Å². The number of para-hydroxylation sites is 1. The van der Waals surface area contributed by atoms with Gasteiger partial charge < -0.3 is 20.3 Å². The van der Waals surface area contributed by atoms with Gasteiger partial charge in [-0.1, -0.05) is 18.2 Å². The smallest absolute Gasteiger partial charge is 0.255 e. The highest BCUT2D eigenvalue weighted by atomic mass is 32.1. The number of anilines is 1. The Morgan fingerprint density at radius 2 is 1.94 bits per heavy atom. The third-order valence-corrected chi connectivity index (χ3v) is 8.21. The minimum absolute atomic E-state index is 0.0623. The first-order valence-corrected chi connectivity index (χ1v) is 12.1. The molecule has 168 valence electrons. The van der Waals surface area contributed by atoms with Gasteiger partial charge in [-0.3, -0.25) is 9.59 Å². The van der Waals surface area contributed by atoms with Gasteiger partial charge in [0.2, 0.25) is 5.91 Å². The van der Waals surface area contributed by atoms with Gasteiger partial charge >= 0.3 is 0 Å². The minimum atomic E-state index is -0.581. The Kier molecular flexibility index (Phi) is 4.76. The van der Waals surface area contributed by atoms with Crippen LogP contribution in [-0.4, -0.2) is 53.7 Å². The Morgan fingerprint density at radius 1 is 1.09 bits per heavy atom. The summed E-state index contributed by atoms with van der Waals surface area (Å²) in [6.45, 7) is 1.76. The molecule has 4 aliphatic rings. The summed E-state index contributed by atoms with van der Waals surface area (Å²) in [4.78, 5) is 29.0. The van der Waals surface area contributed by atoms with Crippen LogP contribution in [0.5, 0.6) is 0 Å². The molecule has 2 aromatic rings. The maximum Gasteiger partial charge on any atom is 0.255 e. The molecule has 32 heavy (non-hydrogen) atoms. The molecular formula is C23H27N5O3S. The summed E-state index contributed by atoms with van der Waals surface area (Å²) in [5, 5.41) is 8.72. The van der Waals surface area contributed by atoms with E-state index in [1.807, 2.05) is 35.2 Å². The van der Waals surface area contributed by atoms with Crippen LogP contribution in [0.4, 0.5) is 5.69 Å². The Hall–Kier alpha value is -2.46. The number of amides is 2. The second-order valence-electron chi connectivity index (χ2n) is 9.33. The average molecular weight is 454 g/mol. The fourth-order valence-electron chi connectivity index (χ4n) is 5.52. The van der Waals surface area contributed by atoms with Crippen LogP contribution in [0.3, 0.4) is 0 Å². The largest absolute Gasteiger partial charge is 0.370 e. The molecule has 0 radical (unpaired) electrons. The summed E-state index contributed by atoms with van der Waals surface area (Å²) in [5.74, 6) is 0.0878. The number of rotatable bonds is 2. The number of nitrogens with zero attached hydrogens (tertiary/aromatic N) is 1. The second-order valence-corrected chi connectivity index (χ2v) is 10.3. The summed E-state index contributed by atoms with van der Waals surface area (Å²) >= 11 is 1.71. The van der Waals surface area contributed by atoms with E-state index in [4.69, 9.17) is 4.74 Å². The topological polar surface area (TPSA) is 94.7 Å². The number of fused-ring (bicyclic) bond motifs is 1. The quantitative estimate of drug-likeness (QED) is 0.556. The van der Waals surface area contributed by atoms with Crippen molar-refractivity contribution in [1.82, 2.24) is 21.1 Å². The normalized spacial score (nSPS) is 30.9. The van der Waals surface area contributed by atoms with Gasteiger partial charge in [-0.25, -0.2) is 10.9 Å². The number of likely N-dealkylation sites (tertiary alicyclic amines) is 1. The average Bonchev–Trinajstić information content (AvgIpc) is 3.55. The molecule has 1 aromatic carbocycles. The Balaban J connectivity index is 1.08. The number of nitrogens with one attached hydrogen (secondary N) is 4. The Morgan fingerprint density at radius 3 is 2.75 bits per heavy atom. The third kappa shape index (κ3) is 3.40. The van der Waals surface area contributed by atoms with Crippen LogP contribution < -0.4 is 21.5 Å². The summed E-state index contributed by atoms with van der Waals surface area (Å²) < 4.78 is 6.32. The number of carbonyl (C=O) groups is 2. The number of hydrazine groups is 1. The molecule has 0 aliphatic carbocycles. The summed E-state index contributed by atoms with van der Waals surface area (Å²) in [5.41, 5.74) is 7.08. The first-order valence-electron chi connectivity index (χ1n) is 11.2. The lowest BCUT2D eigenvalue weighted by Gasteiger charge is -2.41. The molecule has 3 saturated heterocycles. The molecule has 4 N–H and O–H groups in total. The minimum Gasteiger partial charge on any atom is -0.370 e. The molecule has 5 heterocycles. The third-order valence-electron chi connectivity index (χ3n) is 7.22. The molecule has 2 amide bonds. The van der Waals surface area contributed by atoms with Crippen LogP contribution in [0.1, 0.15) is 47.0 Å². The van der Waals surface area contributed by atoms with Crippen molar-refractivity contribution in [3.8, 4) is 0 Å². The Labute approximate surface area is 190 Å². The van der Waals surface area contributed by atoms with Gasteiger partial charge in [0.05, 0.1) is 23.8 Å². The van der Waals surface area contributed by atoms with E-state index in [-0.39, 0.29) is 29.5 Å². The van der Waals surface area contributed by atoms with Crippen LogP contribution >= 0.6 is 11.3 Å². The molecule has 0 bridgehead atoms. The van der Waals surface area contributed by atoms with Crippen LogP contribution in [0.2, 0.25) is 0 Å². The van der Waals surface area contributed by atoms with Crippen LogP contribution in [-0.2, 0) is 9.53 Å². The van der Waals surface area contributed by atoms with Crippen molar-refractivity contribution >= 4 is 28.8 Å². The van der Waals surface area contributed by atoms with E-state index in [1.54, 1.807) is 11.3 Å². The molecule has 1 aromatic heterocycles. The van der Waals surface area contributed by atoms with Gasteiger partial charge in [0.1, 0.15) is 11.7 Å². The number of carbonyl (C=O) groups excluding carboxylic acids is 2. The van der Waals surface area contributed by atoms with Gasteiger partial charge in [0.25, 0.3) is 5.91 Å². The SMILES string of the molecule is O=C1NC2(COC3(CCN(C(=O)C4CC(c5cccs5)NN4)CC3)C2)Nc2ccccc21. The zero-order valence-electron chi connectivity index (χ0n) is 17.7. The first kappa shape index (κ1) is 20.2. The highest BCUT2D eigenvalue weighted by molar-refractivity contribution is 7.10. The fraction of sp³-hybridized carbons (Fsp3) is 0.478. The van der Waals surface area contributed by atoms with Crippen molar-refractivity contribution in [2.24, 2.45) is 0 Å². The van der Waals surface area contributed by atoms with Crippen molar-refractivity contribution in [2.45, 2.75) is 49.0 Å². The van der Waals surface area contributed by atoms with Crippen molar-refractivity contribution in [2.75, 3.05) is 25.0 Å². The van der Waals surface area contributed by atoms with Crippen LogP contribution in [0, 0.1) is 0 Å². The van der Waals surface area contributed by atoms with E-state index in [1.165, 1.54) is 4.88 Å². The number of hydrogen-bond donors (Lipinski definition) is 4. The lowest BCUT2D eigenvalue weighted by molar-refractivity contribution is -0.138. The molecule has 6 rings (SSSR count). The van der Waals surface area contributed by atoms with Gasteiger partial charge in [-0.05, 0) is 42.8 Å². The maximum absolute atomic E-state index is 13.1. The van der Waals surface area contributed by atoms with Crippen molar-refractivity contribution < 1.29 is 14.3 Å². The zero-order chi connectivity index (χ0) is 21.8. The highest BCUT2D eigenvalue weighted by Gasteiger charge is 2.53. The number of piperidine rings is 1. The van der Waals surface area contributed by atoms with Crippen molar-refractivity contribution in [3.63, 3.8) is 0 Å². The fourth-order valence-corrected chi connectivity index (χ4v) is 6.31. The number of benzene rings is 1. The van der Waals surface area contributed by atoms with Crippen LogP contribution in [0.15, 0.2) is 41.8 Å². The predicted molar refractivity (Wildman–Crippen MR) is 121 cm³/mol. The molecule has 9 heteroatoms. The molecule has 4 aliphatic heterocycles. The zero-order valence-corrected chi connectivity index (χ0v) is 18.5. The molecule has 3 atom stereocenters. The first-order chi connectivity index (χ1) is 15.5. The summed E-state index contributed by atoms with van der Waals surface area (Å²) in [7, 11) is 0. The number of ether oxygens (including phenoxy) is 1. The van der Waals surface area contributed by atoms with Crippen molar-refractivity contribution in [3.05, 3.63) is 52.2 Å². The Bertz CT molecular complexity index is 1040. The standard InChI is InChI=1S/C23H27N5O3S/c29-20-15-4-1-2-5-16(15)24-23(25-20)13-22(31-14-23)7-9-28(10-8-22)21(30)18-12-17(26-27-18)19-6-3-11-32-19/h1-6,11,17-18,24,26-27H,7-10,12-14H2,(H,25,29). The maximum atomic E-state index is 13.1. The number of thiophene rings is 1. The highest BCUT2D eigenvalue weighted by Crippen LogP contribution is 2.43. The van der Waals surface area contributed by atoms with E-state index in [0.29, 0.717) is 31.7 Å². The van der Waals surface area contributed by atoms with E-state index < -0.39 is 5.66 Å². The lowest BCUT2D eigenvalue weighted by atomic mass is 9.84. The van der Waals surface area contributed by atoms with E-state index in [9.17, 15) is 9.59 Å². The monoisotopic (exact) mass is 453 g/mol. The second kappa shape index (κ2) is 7.55. The van der Waals surface area contributed by atoms with E-state index in [2.05, 4.69) is 32.9 Å². The van der Waals surface area contributed by atoms with E-state index >= 15 is 0 Å². The predicted octanol–water partition coefficient (Wildman–Crippen LogP) is 1.99. The molecule has 3 fully saturated rings. The summed E-state index contributed by atoms with van der Waals surface area (Å²) in [6, 6.07) is 11.7. The van der Waals surface area contributed by atoms with Crippen molar-refractivity contribution in [1.29, 1.82) is 0 Å². The molecule has 8 nitrogen and oxygen atoms in total. The molecular weight excluding hydrogens is 426 g/mol. The number of hydrogen-bond acceptors (Lipinski definition) is 7. The molecule has 0 saturated carbocycles. The summed E-state index contributed by atoms with van der Waals surface area (Å²) in [6.07, 6.45) is 3.00. The van der Waals surface area contributed by atoms with Gasteiger partial charge in [0, 0.05) is 30.1 Å². The molecule has 3 unspecified atom stereocenters. The van der Waals surface area contributed by atoms with Gasteiger partial charge in [-0.15, -0.1) is 11.3 Å². The van der Waals surface area contributed by atoms with Gasteiger partial charge in [-0.2, -0.15) is 0 Å². The van der Waals surface area contributed by atoms with Gasteiger partial charge in [0.15, 0.2) is 0 Å². The lowest BCUT2D eigenvalue weighted by Crippen LogP contribution is -2.59.